The van der Waals surface area contributed by atoms with Gasteiger partial charge in [-0.05, 0) is 24.7 Å². The average molecular weight is 249 g/mol. The molecule has 2 aromatic rings. The maximum Gasteiger partial charge on any atom is 0.165 e. The Balaban J connectivity index is 2.42. The van der Waals surface area contributed by atoms with E-state index >= 15 is 0 Å². The van der Waals surface area contributed by atoms with E-state index in [1.165, 1.54) is 13.2 Å². The number of hydrogen-bond donors (Lipinski definition) is 1. The van der Waals surface area contributed by atoms with Gasteiger partial charge in [-0.3, -0.25) is 0 Å². The van der Waals surface area contributed by atoms with E-state index in [2.05, 4.69) is 10.3 Å². The van der Waals surface area contributed by atoms with Gasteiger partial charge in [-0.1, -0.05) is 6.07 Å². The molecule has 1 aromatic heterocycles. The first-order valence-corrected chi connectivity index (χ1v) is 5.65. The van der Waals surface area contributed by atoms with Crippen molar-refractivity contribution in [2.24, 2.45) is 7.05 Å². The lowest BCUT2D eigenvalue weighted by Crippen LogP contribution is -2.21. The van der Waals surface area contributed by atoms with Crippen LogP contribution in [0.25, 0.3) is 0 Å². The first-order chi connectivity index (χ1) is 8.67. The molecule has 0 fully saturated rings. The first-order valence-electron chi connectivity index (χ1n) is 5.65. The Kier molecular flexibility index (Phi) is 3.62. The molecule has 0 amide bonds. The molecule has 1 N–H and O–H groups in total. The van der Waals surface area contributed by atoms with E-state index < -0.39 is 0 Å². The van der Waals surface area contributed by atoms with E-state index in [9.17, 15) is 4.39 Å². The number of rotatable bonds is 4. The number of ether oxygens (including phenoxy) is 1. The number of imidazole rings is 1. The summed E-state index contributed by atoms with van der Waals surface area (Å²) in [6.07, 6.45) is 3.61. The summed E-state index contributed by atoms with van der Waals surface area (Å²) in [7, 11) is 5.22. The van der Waals surface area contributed by atoms with Crippen LogP contribution in [0.1, 0.15) is 17.4 Å². The Morgan fingerprint density at radius 3 is 2.78 bits per heavy atom. The van der Waals surface area contributed by atoms with E-state index in [1.807, 2.05) is 24.9 Å². The SMILES string of the molecule is CNC(c1ccc(F)c(OC)c1)c1nccn1C. The number of benzene rings is 1. The second kappa shape index (κ2) is 5.18. The number of methoxy groups -OCH3 is 1. The second-order valence-electron chi connectivity index (χ2n) is 4.01. The molecule has 0 saturated carbocycles. The number of nitrogens with zero attached hydrogens (tertiary/aromatic N) is 2. The monoisotopic (exact) mass is 249 g/mol. The first kappa shape index (κ1) is 12.6. The fourth-order valence-corrected chi connectivity index (χ4v) is 1.96. The summed E-state index contributed by atoms with van der Waals surface area (Å²) in [5.74, 6) is 0.740. The van der Waals surface area contributed by atoms with Crippen molar-refractivity contribution in [1.82, 2.24) is 14.9 Å². The average Bonchev–Trinajstić information content (AvgIpc) is 2.79. The summed E-state index contributed by atoms with van der Waals surface area (Å²) in [5, 5.41) is 3.17. The van der Waals surface area contributed by atoms with Crippen LogP contribution in [-0.2, 0) is 7.05 Å². The number of halogens is 1. The van der Waals surface area contributed by atoms with E-state index in [0.29, 0.717) is 0 Å². The van der Waals surface area contributed by atoms with Crippen molar-refractivity contribution < 1.29 is 9.13 Å². The normalized spacial score (nSPS) is 12.4. The van der Waals surface area contributed by atoms with Crippen LogP contribution in [0.4, 0.5) is 4.39 Å². The molecule has 0 saturated heterocycles. The largest absolute Gasteiger partial charge is 0.494 e. The van der Waals surface area contributed by atoms with Gasteiger partial charge in [0.15, 0.2) is 11.6 Å². The molecule has 4 nitrogen and oxygen atoms in total. The van der Waals surface area contributed by atoms with Gasteiger partial charge in [0, 0.05) is 19.4 Å². The highest BCUT2D eigenvalue weighted by atomic mass is 19.1. The lowest BCUT2D eigenvalue weighted by atomic mass is 10.1. The van der Waals surface area contributed by atoms with Crippen LogP contribution in [0.15, 0.2) is 30.6 Å². The Bertz CT molecular complexity index is 539. The fourth-order valence-electron chi connectivity index (χ4n) is 1.96. The molecule has 0 spiro atoms. The van der Waals surface area contributed by atoms with Crippen molar-refractivity contribution in [1.29, 1.82) is 0 Å². The van der Waals surface area contributed by atoms with Crippen LogP contribution in [0.2, 0.25) is 0 Å². The van der Waals surface area contributed by atoms with Gasteiger partial charge in [-0.2, -0.15) is 0 Å². The zero-order valence-corrected chi connectivity index (χ0v) is 10.6. The van der Waals surface area contributed by atoms with E-state index in [4.69, 9.17) is 4.74 Å². The fraction of sp³-hybridized carbons (Fsp3) is 0.308. The molecule has 18 heavy (non-hydrogen) atoms. The molecule has 1 heterocycles. The van der Waals surface area contributed by atoms with Gasteiger partial charge in [0.1, 0.15) is 5.82 Å². The molecular weight excluding hydrogens is 233 g/mol. The van der Waals surface area contributed by atoms with Gasteiger partial charge < -0.3 is 14.6 Å². The van der Waals surface area contributed by atoms with Crippen molar-refractivity contribution in [2.45, 2.75) is 6.04 Å². The molecule has 0 aliphatic heterocycles. The minimum absolute atomic E-state index is 0.0977. The van der Waals surface area contributed by atoms with Crippen molar-refractivity contribution in [3.63, 3.8) is 0 Å². The quantitative estimate of drug-likeness (QED) is 0.899. The molecule has 1 atom stereocenters. The van der Waals surface area contributed by atoms with Crippen LogP contribution >= 0.6 is 0 Å². The molecule has 1 aromatic carbocycles. The third-order valence-corrected chi connectivity index (χ3v) is 2.91. The Morgan fingerprint density at radius 1 is 1.44 bits per heavy atom. The van der Waals surface area contributed by atoms with Crippen LogP contribution in [0.3, 0.4) is 0 Å². The highest BCUT2D eigenvalue weighted by Gasteiger charge is 2.17. The Morgan fingerprint density at radius 2 is 2.22 bits per heavy atom. The summed E-state index contributed by atoms with van der Waals surface area (Å²) in [6.45, 7) is 0. The highest BCUT2D eigenvalue weighted by Crippen LogP contribution is 2.25. The topological polar surface area (TPSA) is 39.1 Å². The maximum atomic E-state index is 13.4. The summed E-state index contributed by atoms with van der Waals surface area (Å²) in [4.78, 5) is 4.31. The molecule has 0 aliphatic carbocycles. The summed E-state index contributed by atoms with van der Waals surface area (Å²) >= 11 is 0. The highest BCUT2D eigenvalue weighted by molar-refractivity contribution is 5.34. The number of aromatic nitrogens is 2. The predicted molar refractivity (Wildman–Crippen MR) is 67.1 cm³/mol. The summed E-state index contributed by atoms with van der Waals surface area (Å²) in [6, 6.07) is 4.72. The summed E-state index contributed by atoms with van der Waals surface area (Å²) in [5.41, 5.74) is 0.907. The van der Waals surface area contributed by atoms with Crippen molar-refractivity contribution in [2.75, 3.05) is 14.2 Å². The van der Waals surface area contributed by atoms with Crippen molar-refractivity contribution >= 4 is 0 Å². The third-order valence-electron chi connectivity index (χ3n) is 2.91. The number of hydrogen-bond acceptors (Lipinski definition) is 3. The van der Waals surface area contributed by atoms with Crippen LogP contribution in [-0.4, -0.2) is 23.7 Å². The van der Waals surface area contributed by atoms with Crippen LogP contribution in [0, 0.1) is 5.82 Å². The van der Waals surface area contributed by atoms with Gasteiger partial charge in [0.2, 0.25) is 0 Å². The smallest absolute Gasteiger partial charge is 0.165 e. The Hall–Kier alpha value is -1.88. The number of nitrogens with one attached hydrogen (secondary N) is 1. The van der Waals surface area contributed by atoms with Gasteiger partial charge >= 0.3 is 0 Å². The Labute approximate surface area is 105 Å². The van der Waals surface area contributed by atoms with Crippen LogP contribution < -0.4 is 10.1 Å². The molecular formula is C13H16FN3O. The van der Waals surface area contributed by atoms with Gasteiger partial charge in [-0.15, -0.1) is 0 Å². The lowest BCUT2D eigenvalue weighted by Gasteiger charge is -2.17. The molecule has 96 valence electrons. The molecule has 2 rings (SSSR count). The van der Waals surface area contributed by atoms with Gasteiger partial charge in [0.25, 0.3) is 0 Å². The molecule has 0 bridgehead atoms. The zero-order chi connectivity index (χ0) is 13.1. The minimum Gasteiger partial charge on any atom is -0.494 e. The molecule has 0 radical (unpaired) electrons. The standard InChI is InChI=1S/C13H16FN3O/c1-15-12(13-16-6-7-17(13)2)9-4-5-10(14)11(8-9)18-3/h4-8,12,15H,1-3H3. The van der Waals surface area contributed by atoms with Crippen LogP contribution in [0.5, 0.6) is 5.75 Å². The maximum absolute atomic E-state index is 13.4. The van der Waals surface area contributed by atoms with E-state index in [1.54, 1.807) is 18.3 Å². The third kappa shape index (κ3) is 2.22. The minimum atomic E-state index is -0.365. The van der Waals surface area contributed by atoms with Gasteiger partial charge in [0.05, 0.1) is 13.2 Å². The van der Waals surface area contributed by atoms with Crippen molar-refractivity contribution in [3.8, 4) is 5.75 Å². The second-order valence-corrected chi connectivity index (χ2v) is 4.01. The predicted octanol–water partition coefficient (Wildman–Crippen LogP) is 1.88. The summed E-state index contributed by atoms with van der Waals surface area (Å²) < 4.78 is 20.3. The lowest BCUT2D eigenvalue weighted by molar-refractivity contribution is 0.385. The van der Waals surface area contributed by atoms with E-state index in [-0.39, 0.29) is 17.6 Å². The zero-order valence-electron chi connectivity index (χ0n) is 10.6. The molecule has 1 unspecified atom stereocenters. The van der Waals surface area contributed by atoms with Crippen molar-refractivity contribution in [3.05, 3.63) is 47.8 Å². The number of aryl methyl sites for hydroxylation is 1. The van der Waals surface area contributed by atoms with Gasteiger partial charge in [-0.25, -0.2) is 9.37 Å². The van der Waals surface area contributed by atoms with E-state index in [0.717, 1.165) is 11.4 Å². The molecule has 0 aliphatic rings. The molecule has 5 heteroatoms.